The highest BCUT2D eigenvalue weighted by molar-refractivity contribution is 5.95. The van der Waals surface area contributed by atoms with Gasteiger partial charge in [0.2, 0.25) is 5.95 Å². The molecular weight excluding hydrogens is 472 g/mol. The molecule has 0 saturated carbocycles. The van der Waals surface area contributed by atoms with Crippen molar-refractivity contribution < 1.29 is 19.0 Å². The van der Waals surface area contributed by atoms with Crippen LogP contribution in [0.2, 0.25) is 0 Å². The normalized spacial score (nSPS) is 21.5. The van der Waals surface area contributed by atoms with Crippen molar-refractivity contribution in [3.05, 3.63) is 42.0 Å². The Labute approximate surface area is 215 Å². The molecule has 0 unspecified atom stereocenters. The molecule has 3 saturated heterocycles. The van der Waals surface area contributed by atoms with Crippen LogP contribution in [0.3, 0.4) is 0 Å². The summed E-state index contributed by atoms with van der Waals surface area (Å²) in [7, 11) is 1.63. The maximum absolute atomic E-state index is 12.2. The van der Waals surface area contributed by atoms with E-state index in [1.807, 2.05) is 30.3 Å². The summed E-state index contributed by atoms with van der Waals surface area (Å²) in [5.41, 5.74) is 2.84. The summed E-state index contributed by atoms with van der Waals surface area (Å²) in [6.07, 6.45) is 1.55. The van der Waals surface area contributed by atoms with E-state index >= 15 is 0 Å². The average molecular weight is 505 g/mol. The van der Waals surface area contributed by atoms with E-state index in [1.54, 1.807) is 13.1 Å². The molecule has 1 amide bonds. The number of nitrogens with one attached hydrogen (secondary N) is 1. The van der Waals surface area contributed by atoms with Gasteiger partial charge in [0.15, 0.2) is 11.4 Å². The highest BCUT2D eigenvalue weighted by Gasteiger charge is 2.40. The number of pyridine rings is 1. The molecule has 5 heterocycles. The van der Waals surface area contributed by atoms with Gasteiger partial charge in [-0.2, -0.15) is 9.97 Å². The molecule has 0 radical (unpaired) electrons. The van der Waals surface area contributed by atoms with E-state index in [9.17, 15) is 4.79 Å². The van der Waals surface area contributed by atoms with Crippen molar-refractivity contribution in [3.63, 3.8) is 0 Å². The lowest BCUT2D eigenvalue weighted by atomic mass is 10.0. The first kappa shape index (κ1) is 24.0. The van der Waals surface area contributed by atoms with E-state index < -0.39 is 5.79 Å². The molecular formula is C27H32N6O4. The highest BCUT2D eigenvalue weighted by Crippen LogP contribution is 2.35. The molecule has 3 aromatic rings. The molecule has 1 N–H and O–H groups in total. The lowest BCUT2D eigenvalue weighted by molar-refractivity contribution is -0.169. The van der Waals surface area contributed by atoms with E-state index in [-0.39, 0.29) is 11.9 Å². The second kappa shape index (κ2) is 9.85. The fourth-order valence-electron chi connectivity index (χ4n) is 5.34. The molecule has 37 heavy (non-hydrogen) atoms. The number of ether oxygens (including phenoxy) is 3. The predicted molar refractivity (Wildman–Crippen MR) is 140 cm³/mol. The van der Waals surface area contributed by atoms with Gasteiger partial charge in [0.1, 0.15) is 5.82 Å². The Balaban J connectivity index is 1.40. The topological polar surface area (TPSA) is 102 Å². The zero-order chi connectivity index (χ0) is 25.4. The van der Waals surface area contributed by atoms with Crippen molar-refractivity contribution in [2.75, 3.05) is 62.9 Å². The first-order chi connectivity index (χ1) is 18.0. The van der Waals surface area contributed by atoms with Crippen LogP contribution in [0.4, 0.5) is 11.8 Å². The van der Waals surface area contributed by atoms with E-state index in [1.165, 1.54) is 0 Å². The van der Waals surface area contributed by atoms with Gasteiger partial charge in [-0.25, -0.2) is 4.98 Å². The van der Waals surface area contributed by atoms with Crippen LogP contribution < -0.4 is 15.1 Å². The molecule has 10 nitrogen and oxygen atoms in total. The second-order valence-electron chi connectivity index (χ2n) is 9.79. The van der Waals surface area contributed by atoms with Gasteiger partial charge in [-0.3, -0.25) is 4.79 Å². The maximum Gasteiger partial charge on any atom is 0.251 e. The summed E-state index contributed by atoms with van der Waals surface area (Å²) < 4.78 is 17.5. The zero-order valence-electron chi connectivity index (χ0n) is 21.3. The van der Waals surface area contributed by atoms with Crippen LogP contribution in [0.5, 0.6) is 0 Å². The third-order valence-electron chi connectivity index (χ3n) is 7.44. The predicted octanol–water partition coefficient (Wildman–Crippen LogP) is 2.62. The number of morpholine rings is 1. The van der Waals surface area contributed by atoms with Crippen LogP contribution in [0.15, 0.2) is 36.4 Å². The molecule has 0 aliphatic carbocycles. The molecule has 194 valence electrons. The first-order valence-electron chi connectivity index (χ1n) is 12.9. The summed E-state index contributed by atoms with van der Waals surface area (Å²) >= 11 is 0. The molecule has 1 atom stereocenters. The Hall–Kier alpha value is -3.34. The minimum Gasteiger partial charge on any atom is -0.377 e. The van der Waals surface area contributed by atoms with Crippen LogP contribution in [0.25, 0.3) is 22.3 Å². The van der Waals surface area contributed by atoms with Crippen LogP contribution in [0.1, 0.15) is 30.1 Å². The summed E-state index contributed by atoms with van der Waals surface area (Å²) in [6.45, 7) is 7.02. The maximum atomic E-state index is 12.2. The average Bonchev–Trinajstić information content (AvgIpc) is 3.40. The zero-order valence-corrected chi connectivity index (χ0v) is 21.3. The van der Waals surface area contributed by atoms with Gasteiger partial charge in [-0.15, -0.1) is 0 Å². The molecule has 6 rings (SSSR count). The van der Waals surface area contributed by atoms with Crippen molar-refractivity contribution in [2.24, 2.45) is 0 Å². The van der Waals surface area contributed by atoms with Gasteiger partial charge >= 0.3 is 0 Å². The summed E-state index contributed by atoms with van der Waals surface area (Å²) in [5, 5.41) is 3.58. The molecule has 3 aliphatic heterocycles. The quantitative estimate of drug-likeness (QED) is 0.574. The lowest BCUT2D eigenvalue weighted by Crippen LogP contribution is -2.46. The number of hydrogen-bond acceptors (Lipinski definition) is 9. The van der Waals surface area contributed by atoms with Gasteiger partial charge in [0.05, 0.1) is 43.5 Å². The lowest BCUT2D eigenvalue weighted by Gasteiger charge is -2.38. The van der Waals surface area contributed by atoms with E-state index in [0.29, 0.717) is 43.6 Å². The summed E-state index contributed by atoms with van der Waals surface area (Å²) in [6, 6.07) is 11.7. The Morgan fingerprint density at radius 1 is 1.03 bits per heavy atom. The van der Waals surface area contributed by atoms with Crippen molar-refractivity contribution in [3.8, 4) is 11.3 Å². The van der Waals surface area contributed by atoms with Crippen molar-refractivity contribution in [1.82, 2.24) is 20.3 Å². The van der Waals surface area contributed by atoms with Crippen molar-refractivity contribution in [1.29, 1.82) is 0 Å². The number of carbonyl (C=O) groups is 1. The molecule has 1 spiro atoms. The smallest absolute Gasteiger partial charge is 0.251 e. The third-order valence-corrected chi connectivity index (χ3v) is 7.44. The monoisotopic (exact) mass is 504 g/mol. The number of aromatic nitrogens is 3. The Kier molecular flexibility index (Phi) is 6.39. The highest BCUT2D eigenvalue weighted by atomic mass is 16.7. The number of benzene rings is 1. The molecule has 3 fully saturated rings. The minimum absolute atomic E-state index is 0.131. The summed E-state index contributed by atoms with van der Waals surface area (Å²) in [5.74, 6) is 0.949. The number of hydrogen-bond donors (Lipinski definition) is 1. The van der Waals surface area contributed by atoms with Gasteiger partial charge in [0, 0.05) is 50.7 Å². The van der Waals surface area contributed by atoms with Crippen LogP contribution in [-0.4, -0.2) is 85.8 Å². The molecule has 3 aliphatic rings. The number of nitrogens with zero attached hydrogens (tertiary/aromatic N) is 5. The SMILES string of the molecule is CNC(=O)c1cccc(-c2ccc3c(N4CCOC[C@@H]4C)nc(N4CCC5(CC4)OCCO5)nc3n2)c1. The standard InChI is InChI=1S/C27H32N6O4/c1-18-17-35-13-12-33(18)24-21-6-7-22(19-4-3-5-20(16-19)25(34)28-2)29-23(21)30-26(31-24)32-10-8-27(9-11-32)36-14-15-37-27/h3-7,16,18H,8-15,17H2,1-2H3,(H,28,34)/t18-/m0/s1. The van der Waals surface area contributed by atoms with Gasteiger partial charge in [-0.1, -0.05) is 12.1 Å². The van der Waals surface area contributed by atoms with Crippen molar-refractivity contribution >= 4 is 28.7 Å². The van der Waals surface area contributed by atoms with Crippen LogP contribution in [0, 0.1) is 0 Å². The van der Waals surface area contributed by atoms with E-state index in [0.717, 1.165) is 54.9 Å². The number of piperidine rings is 1. The number of fused-ring (bicyclic) bond motifs is 1. The van der Waals surface area contributed by atoms with Crippen LogP contribution >= 0.6 is 0 Å². The largest absolute Gasteiger partial charge is 0.377 e. The van der Waals surface area contributed by atoms with Gasteiger partial charge < -0.3 is 29.3 Å². The van der Waals surface area contributed by atoms with Gasteiger partial charge in [-0.05, 0) is 31.2 Å². The molecule has 0 bridgehead atoms. The number of carbonyl (C=O) groups excluding carboxylic acids is 1. The number of anilines is 2. The Morgan fingerprint density at radius 2 is 1.84 bits per heavy atom. The first-order valence-corrected chi connectivity index (χ1v) is 12.9. The third kappa shape index (κ3) is 4.60. The Bertz CT molecular complexity index is 1300. The van der Waals surface area contributed by atoms with E-state index in [4.69, 9.17) is 29.2 Å². The van der Waals surface area contributed by atoms with Crippen molar-refractivity contribution in [2.45, 2.75) is 31.6 Å². The molecule has 2 aromatic heterocycles. The molecule has 10 heteroatoms. The fraction of sp³-hybridized carbons (Fsp3) is 0.481. The van der Waals surface area contributed by atoms with E-state index in [2.05, 4.69) is 22.0 Å². The number of amides is 1. The minimum atomic E-state index is -0.462. The molecule has 1 aromatic carbocycles. The van der Waals surface area contributed by atoms with Crippen LogP contribution in [-0.2, 0) is 14.2 Å². The fourth-order valence-corrected chi connectivity index (χ4v) is 5.34. The number of rotatable bonds is 4. The second-order valence-corrected chi connectivity index (χ2v) is 9.79. The van der Waals surface area contributed by atoms with Gasteiger partial charge in [0.25, 0.3) is 5.91 Å². The Morgan fingerprint density at radius 3 is 2.59 bits per heavy atom. The summed E-state index contributed by atoms with van der Waals surface area (Å²) in [4.78, 5) is 31.6.